The van der Waals surface area contributed by atoms with Crippen molar-refractivity contribution in [1.29, 1.82) is 0 Å². The van der Waals surface area contributed by atoms with Crippen LogP contribution in [0.25, 0.3) is 0 Å². The molecule has 4 atom stereocenters. The van der Waals surface area contributed by atoms with Crippen molar-refractivity contribution in [2.24, 2.45) is 5.92 Å². The summed E-state index contributed by atoms with van der Waals surface area (Å²) in [4.78, 5) is 10.7. The first-order valence-corrected chi connectivity index (χ1v) is 6.38. The van der Waals surface area contributed by atoms with Gasteiger partial charge in [0.2, 0.25) is 0 Å². The highest BCUT2D eigenvalue weighted by atomic mass is 16.5. The first kappa shape index (κ1) is 14.8. The second-order valence-corrected chi connectivity index (χ2v) is 5.04. The summed E-state index contributed by atoms with van der Waals surface area (Å²) >= 11 is 0. The summed E-state index contributed by atoms with van der Waals surface area (Å²) in [5.41, 5.74) is 1.14. The van der Waals surface area contributed by atoms with Crippen molar-refractivity contribution in [3.05, 3.63) is 24.3 Å². The van der Waals surface area contributed by atoms with E-state index in [1.807, 2.05) is 19.9 Å². The standard InChI is InChI=1S/C14H23NO3/c1-5-9(2)6-7-13-10(3)8-12(11(4)18-13)15-14(16)17/h5-6,10-13,15H,1,7-8H2,2-4H3,(H,16,17)/b9-6+/t10-,11+,12+,13-/m0/s1. The molecule has 1 rings (SSSR count). The minimum atomic E-state index is -0.983. The third kappa shape index (κ3) is 4.18. The zero-order valence-corrected chi connectivity index (χ0v) is 11.3. The fraction of sp³-hybridized carbons (Fsp3) is 0.643. The van der Waals surface area contributed by atoms with Gasteiger partial charge >= 0.3 is 6.09 Å². The summed E-state index contributed by atoms with van der Waals surface area (Å²) in [6, 6.07) is -0.113. The maximum absolute atomic E-state index is 10.7. The summed E-state index contributed by atoms with van der Waals surface area (Å²) in [5.74, 6) is 0.340. The molecule has 0 aromatic rings. The molecule has 102 valence electrons. The van der Waals surface area contributed by atoms with Gasteiger partial charge in [0.05, 0.1) is 18.2 Å². The van der Waals surface area contributed by atoms with Crippen LogP contribution in [-0.4, -0.2) is 29.4 Å². The molecule has 4 heteroatoms. The van der Waals surface area contributed by atoms with Crippen molar-refractivity contribution >= 4 is 6.09 Å². The lowest BCUT2D eigenvalue weighted by Crippen LogP contribution is -2.50. The molecular weight excluding hydrogens is 230 g/mol. The number of nitrogens with one attached hydrogen (secondary N) is 1. The Morgan fingerprint density at radius 2 is 2.22 bits per heavy atom. The highest BCUT2D eigenvalue weighted by molar-refractivity contribution is 5.64. The molecular formula is C14H23NO3. The first-order valence-electron chi connectivity index (χ1n) is 6.38. The monoisotopic (exact) mass is 253 g/mol. The van der Waals surface area contributed by atoms with E-state index in [1.54, 1.807) is 0 Å². The molecule has 1 aliphatic rings. The van der Waals surface area contributed by atoms with Gasteiger partial charge in [0.1, 0.15) is 0 Å². The Bertz CT molecular complexity index is 338. The van der Waals surface area contributed by atoms with Crippen LogP contribution in [0.15, 0.2) is 24.3 Å². The van der Waals surface area contributed by atoms with Gasteiger partial charge in [-0.25, -0.2) is 4.79 Å². The average molecular weight is 253 g/mol. The molecule has 1 aliphatic heterocycles. The van der Waals surface area contributed by atoms with Crippen LogP contribution in [0.4, 0.5) is 4.79 Å². The predicted molar refractivity (Wildman–Crippen MR) is 71.6 cm³/mol. The molecule has 0 aromatic heterocycles. The number of hydrogen-bond donors (Lipinski definition) is 2. The van der Waals surface area contributed by atoms with Gasteiger partial charge in [-0.2, -0.15) is 0 Å². The van der Waals surface area contributed by atoms with E-state index in [2.05, 4.69) is 24.9 Å². The first-order chi connectivity index (χ1) is 8.43. The van der Waals surface area contributed by atoms with Crippen LogP contribution in [0.5, 0.6) is 0 Å². The van der Waals surface area contributed by atoms with Crippen LogP contribution in [0.2, 0.25) is 0 Å². The highest BCUT2D eigenvalue weighted by Gasteiger charge is 2.33. The van der Waals surface area contributed by atoms with Gasteiger partial charge in [-0.1, -0.05) is 31.2 Å². The van der Waals surface area contributed by atoms with Gasteiger partial charge in [-0.15, -0.1) is 0 Å². The third-order valence-corrected chi connectivity index (χ3v) is 3.52. The Hall–Kier alpha value is -1.29. The van der Waals surface area contributed by atoms with Crippen LogP contribution >= 0.6 is 0 Å². The van der Waals surface area contributed by atoms with Gasteiger partial charge in [0.15, 0.2) is 0 Å². The number of hydrogen-bond acceptors (Lipinski definition) is 2. The fourth-order valence-corrected chi connectivity index (χ4v) is 2.26. The summed E-state index contributed by atoms with van der Waals surface area (Å²) in [7, 11) is 0. The van der Waals surface area contributed by atoms with E-state index in [-0.39, 0.29) is 18.2 Å². The highest BCUT2D eigenvalue weighted by Crippen LogP contribution is 2.27. The van der Waals surface area contributed by atoms with Crippen molar-refractivity contribution in [2.75, 3.05) is 0 Å². The predicted octanol–water partition coefficient (Wildman–Crippen LogP) is 2.96. The molecule has 0 saturated carbocycles. The van der Waals surface area contributed by atoms with E-state index < -0.39 is 6.09 Å². The number of allylic oxidation sites excluding steroid dienone is 2. The van der Waals surface area contributed by atoms with Gasteiger partial charge in [-0.3, -0.25) is 0 Å². The lowest BCUT2D eigenvalue weighted by atomic mass is 9.88. The zero-order valence-electron chi connectivity index (χ0n) is 11.3. The van der Waals surface area contributed by atoms with Crippen molar-refractivity contribution in [3.8, 4) is 0 Å². The molecule has 1 amide bonds. The molecule has 0 aromatic carbocycles. The Morgan fingerprint density at radius 3 is 2.78 bits per heavy atom. The second-order valence-electron chi connectivity index (χ2n) is 5.04. The number of ether oxygens (including phenoxy) is 1. The Morgan fingerprint density at radius 1 is 1.56 bits per heavy atom. The molecule has 0 bridgehead atoms. The smallest absolute Gasteiger partial charge is 0.404 e. The molecule has 0 spiro atoms. The van der Waals surface area contributed by atoms with Crippen LogP contribution < -0.4 is 5.32 Å². The topological polar surface area (TPSA) is 58.6 Å². The molecule has 0 aliphatic carbocycles. The van der Waals surface area contributed by atoms with Crippen LogP contribution in [-0.2, 0) is 4.74 Å². The minimum absolute atomic E-state index is 0.0836. The van der Waals surface area contributed by atoms with Gasteiger partial charge in [-0.05, 0) is 32.6 Å². The minimum Gasteiger partial charge on any atom is -0.465 e. The second kappa shape index (κ2) is 6.59. The summed E-state index contributed by atoms with van der Waals surface area (Å²) < 4.78 is 5.90. The van der Waals surface area contributed by atoms with Gasteiger partial charge < -0.3 is 15.2 Å². The van der Waals surface area contributed by atoms with E-state index in [0.717, 1.165) is 18.4 Å². The van der Waals surface area contributed by atoms with E-state index in [9.17, 15) is 4.79 Å². The van der Waals surface area contributed by atoms with E-state index >= 15 is 0 Å². The van der Waals surface area contributed by atoms with Crippen LogP contribution in [0.3, 0.4) is 0 Å². The fourth-order valence-electron chi connectivity index (χ4n) is 2.26. The van der Waals surface area contributed by atoms with E-state index in [4.69, 9.17) is 9.84 Å². The van der Waals surface area contributed by atoms with Crippen molar-refractivity contribution < 1.29 is 14.6 Å². The largest absolute Gasteiger partial charge is 0.465 e. The summed E-state index contributed by atoms with van der Waals surface area (Å²) in [5, 5.41) is 11.3. The lowest BCUT2D eigenvalue weighted by Gasteiger charge is -2.38. The molecule has 2 N–H and O–H groups in total. The third-order valence-electron chi connectivity index (χ3n) is 3.52. The molecule has 1 fully saturated rings. The molecule has 1 saturated heterocycles. The molecule has 1 heterocycles. The Balaban J connectivity index is 2.56. The van der Waals surface area contributed by atoms with E-state index in [1.165, 1.54) is 0 Å². The summed E-state index contributed by atoms with van der Waals surface area (Å²) in [6.45, 7) is 9.75. The average Bonchev–Trinajstić information content (AvgIpc) is 2.30. The molecule has 0 radical (unpaired) electrons. The normalized spacial score (nSPS) is 32.9. The maximum atomic E-state index is 10.7. The van der Waals surface area contributed by atoms with Gasteiger partial charge in [0.25, 0.3) is 0 Å². The number of carbonyl (C=O) groups is 1. The van der Waals surface area contributed by atoms with Crippen molar-refractivity contribution in [3.63, 3.8) is 0 Å². The van der Waals surface area contributed by atoms with Crippen LogP contribution in [0.1, 0.15) is 33.6 Å². The van der Waals surface area contributed by atoms with Crippen molar-refractivity contribution in [2.45, 2.75) is 51.9 Å². The number of carboxylic acid groups (broad SMARTS) is 1. The molecule has 4 nitrogen and oxygen atoms in total. The van der Waals surface area contributed by atoms with Crippen LogP contribution in [0, 0.1) is 5.92 Å². The number of rotatable bonds is 4. The SMILES string of the molecule is C=C/C(C)=C/C[C@@H]1O[C@H](C)[C@H](NC(=O)O)C[C@@H]1C. The zero-order chi connectivity index (χ0) is 13.7. The quantitative estimate of drug-likeness (QED) is 0.757. The maximum Gasteiger partial charge on any atom is 0.404 e. The van der Waals surface area contributed by atoms with E-state index in [0.29, 0.717) is 5.92 Å². The molecule has 0 unspecified atom stereocenters. The lowest BCUT2D eigenvalue weighted by molar-refractivity contribution is -0.0843. The Kier molecular flexibility index (Phi) is 5.41. The van der Waals surface area contributed by atoms with Crippen molar-refractivity contribution in [1.82, 2.24) is 5.32 Å². The number of amides is 1. The van der Waals surface area contributed by atoms with Gasteiger partial charge in [0, 0.05) is 0 Å². The Labute approximate surface area is 109 Å². The molecule has 18 heavy (non-hydrogen) atoms. The summed E-state index contributed by atoms with van der Waals surface area (Å²) in [6.07, 6.45) is 4.70.